The van der Waals surface area contributed by atoms with Crippen molar-refractivity contribution in [2.24, 2.45) is 0 Å². The third-order valence-corrected chi connectivity index (χ3v) is 17.5. The first-order chi connectivity index (χ1) is 45.9. The maximum Gasteiger partial charge on any atom is 0.253 e. The lowest BCUT2D eigenvalue weighted by atomic mass is 10.1. The van der Waals surface area contributed by atoms with Gasteiger partial charge in [0.25, 0.3) is 23.6 Å². The highest BCUT2D eigenvalue weighted by molar-refractivity contribution is 6.20. The zero-order valence-corrected chi connectivity index (χ0v) is 54.5. The summed E-state index contributed by atoms with van der Waals surface area (Å²) in [5.74, 6) is 2.48. The number of alkyl halides is 1. The monoisotopic (exact) mass is 1290 g/mol. The first-order valence-electron chi connectivity index (χ1n) is 31.6. The lowest BCUT2D eigenvalue weighted by Crippen LogP contribution is -2.24. The third-order valence-electron chi connectivity index (χ3n) is 17.2. The minimum Gasteiger partial charge on any atom is -0.397 e. The van der Waals surface area contributed by atoms with E-state index in [1.807, 2.05) is 110 Å². The van der Waals surface area contributed by atoms with Crippen molar-refractivity contribution in [1.82, 2.24) is 54.8 Å². The summed E-state index contributed by atoms with van der Waals surface area (Å²) in [6.07, 6.45) is -0.166. The molecule has 21 heteroatoms. The number of aromatic nitrogens is 6. The van der Waals surface area contributed by atoms with Crippen LogP contribution in [-0.2, 0) is 19.6 Å². The van der Waals surface area contributed by atoms with Crippen LogP contribution in [0.2, 0.25) is 0 Å². The zero-order valence-electron chi connectivity index (χ0n) is 53.7. The molecule has 4 unspecified atom stereocenters. The van der Waals surface area contributed by atoms with Crippen LogP contribution in [0.15, 0.2) is 170 Å². The second-order valence-electron chi connectivity index (χ2n) is 23.8. The Morgan fingerprint density at radius 2 is 0.789 bits per heavy atom. The standard InChI is InChI=1S/C20H22N4O.C18H16ClN3O.C18H17N3O2.C9H11N3O.C9H10O2/c1-13(23(2)3)14-7-9-15(10-8-14)19-22-17-6-4-5-16-18(17)24(19)12-11-21-20(16)25;1-11(19)12-5-7-13(8-6-12)17-21-15-4-2-3-14-16(15)22(17)10-9-20-18(14)23;1-11(22)12-5-7-13(8-6-12)17-20-15-4-2-3-14-16(15)21(17)10-9-19-18(14)23;10-7-3-1-2-6-8(7)11-4-5-12-9(6)13;1-7(11)9-4-2-8(6-10)3-5-9/h4-10,13H,11-12H2,1-3H3,(H,21,25);2-8,11H,9-10H2,1H3,(H,20,23);2-8,11,22H,9-10H2,1H3,(H,19,23);1-3,11H,4-5,10H2,(H,12,13);2-7,11H,1H3. The second kappa shape index (κ2) is 29.2. The number of halogens is 1. The maximum absolute atomic E-state index is 12.3. The molecule has 0 bridgehead atoms. The van der Waals surface area contributed by atoms with E-state index in [9.17, 15) is 29.1 Å². The smallest absolute Gasteiger partial charge is 0.253 e. The molecule has 15 rings (SSSR count). The van der Waals surface area contributed by atoms with Crippen LogP contribution >= 0.6 is 11.6 Å². The number of para-hydroxylation sites is 4. The van der Waals surface area contributed by atoms with Gasteiger partial charge in [-0.1, -0.05) is 121 Å². The van der Waals surface area contributed by atoms with Crippen molar-refractivity contribution in [3.8, 4) is 34.2 Å². The number of nitrogens with zero attached hydrogens (tertiary/aromatic N) is 7. The summed E-state index contributed by atoms with van der Waals surface area (Å²) in [5, 5.41) is 33.4. The quantitative estimate of drug-likeness (QED) is 0.0380. The molecule has 0 radical (unpaired) electrons. The normalized spacial score (nSPS) is 15.0. The highest BCUT2D eigenvalue weighted by Gasteiger charge is 2.26. The van der Waals surface area contributed by atoms with E-state index in [2.05, 4.69) is 90.5 Å². The average molecular weight is 1290 g/mol. The van der Waals surface area contributed by atoms with Gasteiger partial charge in [0.1, 0.15) is 23.8 Å². The van der Waals surface area contributed by atoms with E-state index in [1.54, 1.807) is 56.3 Å². The van der Waals surface area contributed by atoms with Crippen molar-refractivity contribution >= 4 is 86.0 Å². The highest BCUT2D eigenvalue weighted by Crippen LogP contribution is 2.34. The summed E-state index contributed by atoms with van der Waals surface area (Å²) < 4.78 is 6.38. The summed E-state index contributed by atoms with van der Waals surface area (Å²) in [6.45, 7) is 12.8. The molecule has 11 aromatic rings. The molecule has 0 saturated carbocycles. The van der Waals surface area contributed by atoms with E-state index in [0.29, 0.717) is 85.4 Å². The van der Waals surface area contributed by atoms with Crippen LogP contribution in [0, 0.1) is 0 Å². The SMILES string of the molecule is CC(Cl)c1ccc(-c2nc3cccc4c3n2CCNC4=O)cc1.CC(O)c1ccc(-c2nc3cccc4c3n2CCNC4=O)cc1.CC(O)c1ccc(C=O)cc1.CC(c1ccc(-c2nc3cccc4c3n2CCNC4=O)cc1)N(C)C.Nc1cccc2c1NCCNC2=O. The molecule has 0 fully saturated rings. The summed E-state index contributed by atoms with van der Waals surface area (Å²) >= 11 is 6.13. The number of aliphatic hydroxyl groups excluding tert-OH is 2. The number of aliphatic hydroxyl groups is 2. The van der Waals surface area contributed by atoms with Gasteiger partial charge in [0.15, 0.2) is 0 Å². The van der Waals surface area contributed by atoms with Gasteiger partial charge in [-0.05, 0) is 113 Å². The fraction of sp³-hybridized carbons (Fsp3) is 0.243. The number of fused-ring (bicyclic) bond motifs is 1. The number of nitrogen functional groups attached to an aromatic ring is 1. The van der Waals surface area contributed by atoms with Crippen molar-refractivity contribution in [2.75, 3.05) is 57.9 Å². The fourth-order valence-corrected chi connectivity index (χ4v) is 12.0. The molecule has 0 saturated heterocycles. The Kier molecular flexibility index (Phi) is 20.3. The molecule has 9 N–H and O–H groups in total. The van der Waals surface area contributed by atoms with Crippen LogP contribution in [0.5, 0.6) is 0 Å². The molecule has 486 valence electrons. The number of hydrogen-bond donors (Lipinski definition) is 8. The average Bonchev–Trinajstić information content (AvgIpc) is 1.63. The summed E-state index contributed by atoms with van der Waals surface area (Å²) in [6, 6.07) is 54.1. The van der Waals surface area contributed by atoms with Crippen LogP contribution in [0.1, 0.15) is 125 Å². The zero-order chi connectivity index (χ0) is 67.0. The number of carbonyl (C=O) groups is 5. The number of amides is 4. The van der Waals surface area contributed by atoms with Gasteiger partial charge in [0.2, 0.25) is 0 Å². The van der Waals surface area contributed by atoms with Crippen LogP contribution in [0.25, 0.3) is 67.3 Å². The van der Waals surface area contributed by atoms with Gasteiger partial charge >= 0.3 is 0 Å². The number of aldehydes is 1. The maximum atomic E-state index is 12.3. The van der Waals surface area contributed by atoms with E-state index in [4.69, 9.17) is 37.4 Å². The molecular formula is C74H76ClN13O7. The molecule has 0 spiro atoms. The Labute approximate surface area is 555 Å². The largest absolute Gasteiger partial charge is 0.397 e. The fourth-order valence-electron chi connectivity index (χ4n) is 11.8. The number of carbonyl (C=O) groups excluding carboxylic acids is 5. The summed E-state index contributed by atoms with van der Waals surface area (Å²) in [7, 11) is 4.16. The van der Waals surface area contributed by atoms with Gasteiger partial charge in [0.05, 0.1) is 84.3 Å². The first-order valence-corrected chi connectivity index (χ1v) is 32.1. The molecule has 20 nitrogen and oxygen atoms in total. The molecule has 3 aromatic heterocycles. The van der Waals surface area contributed by atoms with Crippen molar-refractivity contribution in [3.63, 3.8) is 0 Å². The topological polar surface area (TPSA) is 269 Å². The minimum absolute atomic E-state index is 0.0154. The summed E-state index contributed by atoms with van der Waals surface area (Å²) in [4.78, 5) is 74.8. The first kappa shape index (κ1) is 66.0. The van der Waals surface area contributed by atoms with E-state index in [-0.39, 0.29) is 29.0 Å². The number of benzene rings is 8. The van der Waals surface area contributed by atoms with E-state index in [1.165, 1.54) is 5.56 Å². The van der Waals surface area contributed by atoms with Crippen molar-refractivity contribution in [1.29, 1.82) is 0 Å². The molecule has 0 aliphatic carbocycles. The Hall–Kier alpha value is -10.5. The number of nitrogens with one attached hydrogen (secondary N) is 5. The highest BCUT2D eigenvalue weighted by atomic mass is 35.5. The predicted molar refractivity (Wildman–Crippen MR) is 374 cm³/mol. The Morgan fingerprint density at radius 1 is 0.453 bits per heavy atom. The molecule has 95 heavy (non-hydrogen) atoms. The van der Waals surface area contributed by atoms with Gasteiger partial charge in [-0.3, -0.25) is 24.0 Å². The molecule has 8 aromatic carbocycles. The van der Waals surface area contributed by atoms with E-state index in [0.717, 1.165) is 102 Å². The van der Waals surface area contributed by atoms with Crippen molar-refractivity contribution < 1.29 is 34.2 Å². The van der Waals surface area contributed by atoms with Gasteiger partial charge in [-0.15, -0.1) is 11.6 Å². The number of nitrogens with two attached hydrogens (primary N) is 1. The minimum atomic E-state index is -0.488. The van der Waals surface area contributed by atoms with Crippen LogP contribution in [0.4, 0.5) is 11.4 Å². The summed E-state index contributed by atoms with van der Waals surface area (Å²) in [5.41, 5.74) is 22.8. The van der Waals surface area contributed by atoms with Crippen molar-refractivity contribution in [3.05, 3.63) is 220 Å². The Balaban J connectivity index is 0.000000125. The lowest BCUT2D eigenvalue weighted by Gasteiger charge is -2.20. The van der Waals surface area contributed by atoms with Gasteiger partial charge in [-0.2, -0.15) is 0 Å². The molecule has 4 atom stereocenters. The molecular weight excluding hydrogens is 1220 g/mol. The van der Waals surface area contributed by atoms with Crippen LogP contribution < -0.4 is 32.3 Å². The lowest BCUT2D eigenvalue weighted by molar-refractivity contribution is 0.0948. The van der Waals surface area contributed by atoms with Crippen molar-refractivity contribution in [2.45, 2.75) is 71.0 Å². The van der Waals surface area contributed by atoms with Gasteiger partial charge in [-0.25, -0.2) is 15.0 Å². The number of hydrogen-bond acceptors (Lipinski definition) is 13. The predicted octanol–water partition coefficient (Wildman–Crippen LogP) is 11.3. The molecule has 4 aliphatic heterocycles. The third kappa shape index (κ3) is 14.4. The Morgan fingerprint density at radius 3 is 1.17 bits per heavy atom. The second-order valence-corrected chi connectivity index (χ2v) is 24.4. The van der Waals surface area contributed by atoms with Crippen LogP contribution in [-0.4, -0.2) is 121 Å². The number of imidazole rings is 3. The van der Waals surface area contributed by atoms with Crippen LogP contribution in [0.3, 0.4) is 0 Å². The van der Waals surface area contributed by atoms with Gasteiger partial charge in [0, 0.05) is 80.7 Å². The molecule has 4 aliphatic rings. The number of rotatable bonds is 9. The van der Waals surface area contributed by atoms with Gasteiger partial charge < -0.3 is 61.1 Å². The number of anilines is 2. The molecule has 4 amide bonds. The van der Waals surface area contributed by atoms with E-state index < -0.39 is 12.2 Å². The molecule has 7 heterocycles. The van der Waals surface area contributed by atoms with E-state index >= 15 is 0 Å². The Bertz CT molecular complexity index is 4460.